The molecule has 1 heterocycles. The molecule has 0 spiro atoms. The van der Waals surface area contributed by atoms with Crippen molar-refractivity contribution in [2.75, 3.05) is 0 Å². The van der Waals surface area contributed by atoms with E-state index in [1.54, 1.807) is 12.4 Å². The van der Waals surface area contributed by atoms with Crippen LogP contribution in [0.25, 0.3) is 0 Å². The molecule has 0 aliphatic heterocycles. The molecule has 0 aliphatic rings. The lowest BCUT2D eigenvalue weighted by molar-refractivity contribution is 0.0696. The van der Waals surface area contributed by atoms with Crippen LogP contribution in [0.2, 0.25) is 0 Å². The summed E-state index contributed by atoms with van der Waals surface area (Å²) in [6.07, 6.45) is 3.17. The molecule has 2 aromatic rings. The zero-order valence-corrected chi connectivity index (χ0v) is 10.3. The zero-order valence-electron chi connectivity index (χ0n) is 10.3. The van der Waals surface area contributed by atoms with E-state index in [0.717, 1.165) is 6.07 Å². The van der Waals surface area contributed by atoms with Crippen LogP contribution in [0.4, 0.5) is 4.39 Å². The molecular formula is C13H13FN2O3. The van der Waals surface area contributed by atoms with E-state index in [2.05, 4.69) is 0 Å². The fourth-order valence-corrected chi connectivity index (χ4v) is 1.83. The largest absolute Gasteiger partial charge is 0.478 e. The Balaban J connectivity index is 2.37. The van der Waals surface area contributed by atoms with Gasteiger partial charge in [-0.3, -0.25) is 9.13 Å². The van der Waals surface area contributed by atoms with Gasteiger partial charge in [0.25, 0.3) is 0 Å². The Labute approximate surface area is 108 Å². The number of nitrogens with zero attached hydrogens (tertiary/aromatic N) is 2. The summed E-state index contributed by atoms with van der Waals surface area (Å²) in [7, 11) is 0. The van der Waals surface area contributed by atoms with Gasteiger partial charge in [-0.05, 0) is 25.1 Å². The molecule has 2 rings (SSSR count). The number of hydrogen-bond acceptors (Lipinski definition) is 2. The standard InChI is InChI=1S/C13H13FN2O3/c1-2-15-5-6-16(13(15)19)8-10-7-9(12(17)18)3-4-11(10)14/h3-7H,2,8H2,1H3,(H,17,18). The van der Waals surface area contributed by atoms with Crippen molar-refractivity contribution < 1.29 is 14.3 Å². The Morgan fingerprint density at radius 3 is 2.58 bits per heavy atom. The number of carbonyl (C=O) groups is 1. The second-order valence-corrected chi connectivity index (χ2v) is 4.11. The molecule has 5 nitrogen and oxygen atoms in total. The summed E-state index contributed by atoms with van der Waals surface area (Å²) in [6, 6.07) is 3.54. The fraction of sp³-hybridized carbons (Fsp3) is 0.231. The Bertz CT molecular complexity index is 673. The van der Waals surface area contributed by atoms with Crippen LogP contribution in [-0.4, -0.2) is 20.2 Å². The summed E-state index contributed by atoms with van der Waals surface area (Å²) >= 11 is 0. The molecule has 19 heavy (non-hydrogen) atoms. The van der Waals surface area contributed by atoms with Crippen LogP contribution in [0.1, 0.15) is 22.8 Å². The molecule has 0 saturated heterocycles. The van der Waals surface area contributed by atoms with E-state index in [1.165, 1.54) is 21.3 Å². The number of rotatable bonds is 4. The highest BCUT2D eigenvalue weighted by Gasteiger charge is 2.10. The molecule has 0 atom stereocenters. The lowest BCUT2D eigenvalue weighted by atomic mass is 10.1. The van der Waals surface area contributed by atoms with E-state index in [1.807, 2.05) is 6.92 Å². The maximum atomic E-state index is 13.6. The number of carboxylic acids is 1. The molecule has 0 aliphatic carbocycles. The minimum atomic E-state index is -1.13. The van der Waals surface area contributed by atoms with Crippen molar-refractivity contribution in [3.05, 3.63) is 58.0 Å². The predicted octanol–water partition coefficient (Wildman–Crippen LogP) is 1.56. The van der Waals surface area contributed by atoms with Crippen LogP contribution in [0.15, 0.2) is 35.4 Å². The van der Waals surface area contributed by atoms with E-state index >= 15 is 0 Å². The Morgan fingerprint density at radius 2 is 2.00 bits per heavy atom. The van der Waals surface area contributed by atoms with Crippen molar-refractivity contribution in [1.29, 1.82) is 0 Å². The second kappa shape index (κ2) is 5.09. The van der Waals surface area contributed by atoms with Gasteiger partial charge in [0.2, 0.25) is 0 Å². The van der Waals surface area contributed by atoms with Crippen LogP contribution in [0, 0.1) is 5.82 Å². The lowest BCUT2D eigenvalue weighted by Crippen LogP contribution is -2.24. The van der Waals surface area contributed by atoms with Crippen molar-refractivity contribution >= 4 is 5.97 Å². The SMILES string of the molecule is CCn1ccn(Cc2cc(C(=O)O)ccc2F)c1=O. The first-order valence-corrected chi connectivity index (χ1v) is 5.80. The topological polar surface area (TPSA) is 64.2 Å². The van der Waals surface area contributed by atoms with Crippen molar-refractivity contribution in [1.82, 2.24) is 9.13 Å². The highest BCUT2D eigenvalue weighted by atomic mass is 19.1. The molecule has 0 amide bonds. The van der Waals surface area contributed by atoms with E-state index in [-0.39, 0.29) is 23.4 Å². The minimum Gasteiger partial charge on any atom is -0.478 e. The van der Waals surface area contributed by atoms with Gasteiger partial charge in [-0.25, -0.2) is 14.0 Å². The van der Waals surface area contributed by atoms with Crippen LogP contribution >= 0.6 is 0 Å². The smallest absolute Gasteiger partial charge is 0.335 e. The first-order chi connectivity index (χ1) is 9.02. The van der Waals surface area contributed by atoms with E-state index in [9.17, 15) is 14.0 Å². The highest BCUT2D eigenvalue weighted by Crippen LogP contribution is 2.12. The number of carboxylic acid groups (broad SMARTS) is 1. The molecule has 0 fully saturated rings. The number of halogens is 1. The summed E-state index contributed by atoms with van der Waals surface area (Å²) in [5.41, 5.74) is -0.0714. The summed E-state index contributed by atoms with van der Waals surface area (Å²) in [4.78, 5) is 22.7. The van der Waals surface area contributed by atoms with Gasteiger partial charge in [0.15, 0.2) is 0 Å². The van der Waals surface area contributed by atoms with Crippen LogP contribution in [0.5, 0.6) is 0 Å². The Hall–Kier alpha value is -2.37. The summed E-state index contributed by atoms with van der Waals surface area (Å²) < 4.78 is 16.4. The first kappa shape index (κ1) is 13.1. The third kappa shape index (κ3) is 2.57. The van der Waals surface area contributed by atoms with Crippen molar-refractivity contribution in [2.45, 2.75) is 20.0 Å². The van der Waals surface area contributed by atoms with E-state index < -0.39 is 11.8 Å². The molecule has 6 heteroatoms. The number of aromatic carboxylic acids is 1. The monoisotopic (exact) mass is 264 g/mol. The quantitative estimate of drug-likeness (QED) is 0.911. The fourth-order valence-electron chi connectivity index (χ4n) is 1.83. The molecule has 0 radical (unpaired) electrons. The maximum absolute atomic E-state index is 13.6. The number of imidazole rings is 1. The molecule has 0 unspecified atom stereocenters. The van der Waals surface area contributed by atoms with Gasteiger partial charge in [0.05, 0.1) is 12.1 Å². The molecule has 100 valence electrons. The van der Waals surface area contributed by atoms with Crippen LogP contribution in [-0.2, 0) is 13.1 Å². The number of aryl methyl sites for hydroxylation is 1. The lowest BCUT2D eigenvalue weighted by Gasteiger charge is -2.05. The van der Waals surface area contributed by atoms with Gasteiger partial charge in [-0.15, -0.1) is 0 Å². The average Bonchev–Trinajstić information content (AvgIpc) is 2.73. The third-order valence-corrected chi connectivity index (χ3v) is 2.89. The first-order valence-electron chi connectivity index (χ1n) is 5.80. The second-order valence-electron chi connectivity index (χ2n) is 4.11. The van der Waals surface area contributed by atoms with Gasteiger partial charge in [0, 0.05) is 24.5 Å². The molecule has 0 saturated carbocycles. The van der Waals surface area contributed by atoms with Crippen molar-refractivity contribution in [3.8, 4) is 0 Å². The van der Waals surface area contributed by atoms with Gasteiger partial charge >= 0.3 is 11.7 Å². The Kier molecular flexibility index (Phi) is 3.50. The van der Waals surface area contributed by atoms with Gasteiger partial charge in [-0.2, -0.15) is 0 Å². The molecular weight excluding hydrogens is 251 g/mol. The van der Waals surface area contributed by atoms with E-state index in [4.69, 9.17) is 5.11 Å². The average molecular weight is 264 g/mol. The third-order valence-electron chi connectivity index (χ3n) is 2.89. The van der Waals surface area contributed by atoms with Crippen LogP contribution in [0.3, 0.4) is 0 Å². The number of benzene rings is 1. The van der Waals surface area contributed by atoms with Crippen molar-refractivity contribution in [2.24, 2.45) is 0 Å². The highest BCUT2D eigenvalue weighted by molar-refractivity contribution is 5.87. The maximum Gasteiger partial charge on any atom is 0.335 e. The molecule has 0 bridgehead atoms. The minimum absolute atomic E-state index is 0.000580. The zero-order chi connectivity index (χ0) is 14.0. The molecule has 1 aromatic carbocycles. The van der Waals surface area contributed by atoms with E-state index in [0.29, 0.717) is 6.54 Å². The number of hydrogen-bond donors (Lipinski definition) is 1. The summed E-state index contributed by atoms with van der Waals surface area (Å²) in [6.45, 7) is 2.37. The Morgan fingerprint density at radius 1 is 1.32 bits per heavy atom. The normalized spacial score (nSPS) is 10.6. The van der Waals surface area contributed by atoms with Crippen molar-refractivity contribution in [3.63, 3.8) is 0 Å². The predicted molar refractivity (Wildman–Crippen MR) is 66.8 cm³/mol. The summed E-state index contributed by atoms with van der Waals surface area (Å²) in [5, 5.41) is 8.87. The van der Waals surface area contributed by atoms with Gasteiger partial charge < -0.3 is 5.11 Å². The van der Waals surface area contributed by atoms with Gasteiger partial charge in [-0.1, -0.05) is 0 Å². The van der Waals surface area contributed by atoms with Gasteiger partial charge in [0.1, 0.15) is 5.82 Å². The molecule has 1 aromatic heterocycles. The van der Waals surface area contributed by atoms with Crippen LogP contribution < -0.4 is 5.69 Å². The summed E-state index contributed by atoms with van der Waals surface area (Å²) in [5.74, 6) is -1.65. The molecule has 1 N–H and O–H groups in total. The number of aromatic nitrogens is 2.